The quantitative estimate of drug-likeness (QED) is 0.648. The van der Waals surface area contributed by atoms with Crippen molar-refractivity contribution < 1.29 is 8.95 Å². The molecule has 0 bridgehead atoms. The number of nitrogens with zero attached hydrogens (tertiary/aromatic N) is 1. The van der Waals surface area contributed by atoms with Crippen LogP contribution >= 0.6 is 0 Å². The minimum absolute atomic E-state index is 0.0724. The van der Waals surface area contributed by atoms with Gasteiger partial charge in [-0.15, -0.1) is 0 Å². The fourth-order valence-electron chi connectivity index (χ4n) is 1.71. The summed E-state index contributed by atoms with van der Waals surface area (Å²) >= 11 is 0. The molecule has 0 radical (unpaired) electrons. The van der Waals surface area contributed by atoms with Crippen LogP contribution in [0.2, 0.25) is 0 Å². The van der Waals surface area contributed by atoms with E-state index in [1.54, 1.807) is 13.4 Å². The van der Waals surface area contributed by atoms with E-state index < -0.39 is 9.71 Å². The molecule has 1 aliphatic rings. The summed E-state index contributed by atoms with van der Waals surface area (Å²) < 4.78 is 19.1. The van der Waals surface area contributed by atoms with Gasteiger partial charge < -0.3 is 4.74 Å². The predicted octanol–water partition coefficient (Wildman–Crippen LogP) is 0.994. The Labute approximate surface area is 87.6 Å². The molecule has 0 N–H and O–H groups in total. The van der Waals surface area contributed by atoms with Gasteiger partial charge in [0.25, 0.3) is 0 Å². The van der Waals surface area contributed by atoms with E-state index in [4.69, 9.17) is 4.74 Å². The van der Waals surface area contributed by atoms with Gasteiger partial charge in [-0.3, -0.25) is 4.21 Å². The van der Waals surface area contributed by atoms with Crippen LogP contribution in [0.3, 0.4) is 0 Å². The third-order valence-electron chi connectivity index (χ3n) is 3.17. The fourth-order valence-corrected chi connectivity index (χ4v) is 2.67. The molecule has 1 fully saturated rings. The minimum atomic E-state index is -2.05. The Morgan fingerprint density at radius 1 is 1.43 bits per heavy atom. The molecule has 0 aliphatic carbocycles. The number of hydrogen-bond acceptors (Lipinski definition) is 2. The van der Waals surface area contributed by atoms with Crippen molar-refractivity contribution in [3.8, 4) is 0 Å². The van der Waals surface area contributed by atoms with Crippen LogP contribution in [0.25, 0.3) is 0 Å². The van der Waals surface area contributed by atoms with Gasteiger partial charge in [0, 0.05) is 36.2 Å². The second-order valence-electron chi connectivity index (χ2n) is 5.21. The average molecular weight is 219 g/mol. The van der Waals surface area contributed by atoms with Crippen molar-refractivity contribution in [1.29, 1.82) is 0 Å². The molecular formula is C10H21NO2S. The highest BCUT2D eigenvalue weighted by molar-refractivity contribution is 7.97. The molecule has 0 spiro atoms. The Balaban J connectivity index is 2.77. The molecule has 0 amide bonds. The first-order valence-corrected chi connectivity index (χ1v) is 6.84. The molecule has 84 valence electrons. The third-order valence-corrected chi connectivity index (χ3v) is 4.52. The van der Waals surface area contributed by atoms with Gasteiger partial charge in [0.15, 0.2) is 0 Å². The maximum Gasteiger partial charge on any atom is 0.0998 e. The largest absolute Gasteiger partial charge is 0.375 e. The zero-order chi connectivity index (χ0) is 11.2. The van der Waals surface area contributed by atoms with Crippen LogP contribution in [0.4, 0.5) is 0 Å². The van der Waals surface area contributed by atoms with E-state index in [1.165, 1.54) is 0 Å². The molecular weight excluding hydrogens is 198 g/mol. The maximum absolute atomic E-state index is 11.7. The van der Waals surface area contributed by atoms with Gasteiger partial charge in [0.2, 0.25) is 0 Å². The van der Waals surface area contributed by atoms with Gasteiger partial charge in [-0.25, -0.2) is 4.31 Å². The third kappa shape index (κ3) is 1.83. The SMILES string of the molecule is C=S(C)(=O)N1CC(OC)(C(C)(C)C)C1. The van der Waals surface area contributed by atoms with Crippen molar-refractivity contribution in [2.24, 2.45) is 5.41 Å². The van der Waals surface area contributed by atoms with Crippen LogP contribution in [-0.4, -0.2) is 46.4 Å². The van der Waals surface area contributed by atoms with Crippen molar-refractivity contribution in [3.05, 3.63) is 0 Å². The lowest BCUT2D eigenvalue weighted by Gasteiger charge is -2.56. The van der Waals surface area contributed by atoms with Crippen LogP contribution in [-0.2, 0) is 14.4 Å². The summed E-state index contributed by atoms with van der Waals surface area (Å²) in [5.74, 6) is 3.67. The second-order valence-corrected chi connectivity index (χ2v) is 7.64. The summed E-state index contributed by atoms with van der Waals surface area (Å²) in [6, 6.07) is 0. The van der Waals surface area contributed by atoms with Gasteiger partial charge in [-0.1, -0.05) is 20.8 Å². The van der Waals surface area contributed by atoms with Crippen LogP contribution in [0.5, 0.6) is 0 Å². The Bertz CT molecular complexity index is 308. The fraction of sp³-hybridized carbons (Fsp3) is 0.900. The zero-order valence-electron chi connectivity index (χ0n) is 9.79. The number of rotatable bonds is 2. The van der Waals surface area contributed by atoms with Gasteiger partial charge in [0.05, 0.1) is 5.60 Å². The van der Waals surface area contributed by atoms with E-state index in [2.05, 4.69) is 26.6 Å². The summed E-state index contributed by atoms with van der Waals surface area (Å²) in [5.41, 5.74) is -0.0910. The highest BCUT2D eigenvalue weighted by Crippen LogP contribution is 2.41. The molecule has 1 unspecified atom stereocenters. The van der Waals surface area contributed by atoms with Crippen molar-refractivity contribution >= 4 is 15.6 Å². The van der Waals surface area contributed by atoms with Crippen molar-refractivity contribution in [2.45, 2.75) is 26.4 Å². The van der Waals surface area contributed by atoms with Gasteiger partial charge in [0.1, 0.15) is 0 Å². The minimum Gasteiger partial charge on any atom is -0.375 e. The Morgan fingerprint density at radius 3 is 2.07 bits per heavy atom. The molecule has 3 nitrogen and oxygen atoms in total. The molecule has 1 rings (SSSR count). The summed E-state index contributed by atoms with van der Waals surface area (Å²) in [7, 11) is -0.329. The first-order chi connectivity index (χ1) is 6.12. The van der Waals surface area contributed by atoms with Gasteiger partial charge in [-0.2, -0.15) is 0 Å². The monoisotopic (exact) mass is 219 g/mol. The topological polar surface area (TPSA) is 29.5 Å². The van der Waals surface area contributed by atoms with Gasteiger partial charge >= 0.3 is 0 Å². The molecule has 14 heavy (non-hydrogen) atoms. The average Bonchev–Trinajstić information content (AvgIpc) is 1.78. The highest BCUT2D eigenvalue weighted by Gasteiger charge is 2.53. The number of ether oxygens (including phenoxy) is 1. The van der Waals surface area contributed by atoms with E-state index in [0.717, 1.165) is 0 Å². The van der Waals surface area contributed by atoms with Gasteiger partial charge in [-0.05, 0) is 11.3 Å². The van der Waals surface area contributed by atoms with E-state index in [-0.39, 0.29) is 11.0 Å². The molecule has 0 aromatic rings. The Hall–Kier alpha value is -0.0600. The van der Waals surface area contributed by atoms with E-state index in [1.807, 2.05) is 4.31 Å². The molecule has 0 aromatic heterocycles. The maximum atomic E-state index is 11.7. The number of methoxy groups -OCH3 is 1. The van der Waals surface area contributed by atoms with E-state index in [9.17, 15) is 4.21 Å². The number of hydrogen-bond donors (Lipinski definition) is 0. The summed E-state index contributed by atoms with van der Waals surface area (Å²) in [5, 5.41) is 0. The van der Waals surface area contributed by atoms with Crippen molar-refractivity contribution in [3.63, 3.8) is 0 Å². The normalized spacial score (nSPS) is 26.6. The lowest BCUT2D eigenvalue weighted by atomic mass is 9.72. The smallest absolute Gasteiger partial charge is 0.0998 e. The molecule has 0 saturated carbocycles. The Morgan fingerprint density at radius 2 is 1.86 bits per heavy atom. The second kappa shape index (κ2) is 3.22. The van der Waals surface area contributed by atoms with Crippen LogP contribution in [0.15, 0.2) is 0 Å². The molecule has 1 atom stereocenters. The zero-order valence-corrected chi connectivity index (χ0v) is 10.6. The lowest BCUT2D eigenvalue weighted by Crippen LogP contribution is -2.69. The molecule has 1 aliphatic heterocycles. The first kappa shape index (κ1) is 12.0. The first-order valence-electron chi connectivity index (χ1n) is 4.75. The predicted molar refractivity (Wildman–Crippen MR) is 62.0 cm³/mol. The van der Waals surface area contributed by atoms with E-state index >= 15 is 0 Å². The molecule has 1 heterocycles. The molecule has 1 saturated heterocycles. The lowest BCUT2D eigenvalue weighted by molar-refractivity contribution is -0.157. The van der Waals surface area contributed by atoms with Crippen LogP contribution in [0, 0.1) is 5.41 Å². The van der Waals surface area contributed by atoms with Crippen molar-refractivity contribution in [2.75, 3.05) is 26.5 Å². The van der Waals surface area contributed by atoms with Crippen LogP contribution in [0.1, 0.15) is 20.8 Å². The van der Waals surface area contributed by atoms with Crippen LogP contribution < -0.4 is 0 Å². The standard InChI is InChI=1S/C10H21NO2S/c1-9(2,3)10(13-4)7-11(8-10)14(5,6)12/h5,7-8H2,1-4,6H3. The van der Waals surface area contributed by atoms with E-state index in [0.29, 0.717) is 13.1 Å². The highest BCUT2D eigenvalue weighted by atomic mass is 32.2. The summed E-state index contributed by atoms with van der Waals surface area (Å²) in [6.45, 7) is 7.87. The molecule has 0 aromatic carbocycles. The summed E-state index contributed by atoms with van der Waals surface area (Å²) in [4.78, 5) is 0. The summed E-state index contributed by atoms with van der Waals surface area (Å²) in [6.07, 6.45) is 1.68. The van der Waals surface area contributed by atoms with Crippen molar-refractivity contribution in [1.82, 2.24) is 4.31 Å². The Kier molecular flexibility index (Phi) is 2.76. The molecule has 4 heteroatoms.